The van der Waals surface area contributed by atoms with Crippen LogP contribution >= 0.6 is 0 Å². The lowest BCUT2D eigenvalue weighted by atomic mass is 10.1. The summed E-state index contributed by atoms with van der Waals surface area (Å²) in [6.45, 7) is 3.51. The molecule has 4 aromatic rings. The summed E-state index contributed by atoms with van der Waals surface area (Å²) in [6, 6.07) is 26.7. The minimum absolute atomic E-state index is 0.0444. The summed E-state index contributed by atoms with van der Waals surface area (Å²) in [7, 11) is 0. The molecule has 194 valence electrons. The maximum atomic E-state index is 12.3. The van der Waals surface area contributed by atoms with E-state index in [9.17, 15) is 14.4 Å². The fourth-order valence-electron chi connectivity index (χ4n) is 4.05. The van der Waals surface area contributed by atoms with Gasteiger partial charge in [-0.2, -0.15) is 0 Å². The fourth-order valence-corrected chi connectivity index (χ4v) is 4.05. The number of fused-ring (bicyclic) bond motifs is 1. The molecule has 0 saturated carbocycles. The van der Waals surface area contributed by atoms with E-state index in [-0.39, 0.29) is 25.4 Å². The number of amides is 2. The van der Waals surface area contributed by atoms with Gasteiger partial charge in [-0.1, -0.05) is 36.4 Å². The average molecular weight is 511 g/mol. The van der Waals surface area contributed by atoms with Crippen molar-refractivity contribution in [3.63, 3.8) is 0 Å². The summed E-state index contributed by atoms with van der Waals surface area (Å²) in [5, 5.41) is 7.76. The van der Waals surface area contributed by atoms with Crippen molar-refractivity contribution in [3.8, 4) is 11.5 Å². The van der Waals surface area contributed by atoms with E-state index >= 15 is 0 Å². The zero-order valence-corrected chi connectivity index (χ0v) is 21.5. The molecule has 0 bridgehead atoms. The SMILES string of the molecule is Cc1cc(C)cc(NC(=O)COC(=O)CCCC(=O)Nc2ccc(Oc3ccc4ccccc4c3)cc2)c1. The lowest BCUT2D eigenvalue weighted by molar-refractivity contribution is -0.147. The summed E-state index contributed by atoms with van der Waals surface area (Å²) in [4.78, 5) is 36.3. The number of ether oxygens (including phenoxy) is 2. The first kappa shape index (κ1) is 26.4. The standard InChI is InChI=1S/C31H30N2O5/c1-21-16-22(2)18-26(17-21)33-30(35)20-37-31(36)9-5-8-29(34)32-25-11-14-27(15-12-25)38-28-13-10-23-6-3-4-7-24(23)19-28/h3-4,6-7,10-19H,5,8-9,20H2,1-2H3,(H,32,34)(H,33,35). The second kappa shape index (κ2) is 12.5. The van der Waals surface area contributed by atoms with Gasteiger partial charge in [-0.25, -0.2) is 0 Å². The third kappa shape index (κ3) is 7.93. The first-order valence-electron chi connectivity index (χ1n) is 12.4. The molecule has 0 fully saturated rings. The van der Waals surface area contributed by atoms with Gasteiger partial charge in [0.25, 0.3) is 5.91 Å². The summed E-state index contributed by atoms with van der Waals surface area (Å²) < 4.78 is 11.0. The topological polar surface area (TPSA) is 93.7 Å². The Morgan fingerprint density at radius 3 is 2.05 bits per heavy atom. The smallest absolute Gasteiger partial charge is 0.306 e. The Morgan fingerprint density at radius 2 is 1.32 bits per heavy atom. The number of rotatable bonds is 10. The third-order valence-corrected chi connectivity index (χ3v) is 5.75. The number of carbonyl (C=O) groups excluding carboxylic acids is 3. The molecular formula is C31H30N2O5. The summed E-state index contributed by atoms with van der Waals surface area (Å²) in [5.41, 5.74) is 3.35. The van der Waals surface area contributed by atoms with Crippen LogP contribution in [0, 0.1) is 13.8 Å². The Kier molecular flexibility index (Phi) is 8.72. The highest BCUT2D eigenvalue weighted by Gasteiger charge is 2.10. The number of anilines is 2. The first-order chi connectivity index (χ1) is 18.3. The lowest BCUT2D eigenvalue weighted by Crippen LogP contribution is -2.21. The Morgan fingerprint density at radius 1 is 0.658 bits per heavy atom. The van der Waals surface area contributed by atoms with Crippen molar-refractivity contribution in [2.75, 3.05) is 17.2 Å². The zero-order valence-electron chi connectivity index (χ0n) is 21.5. The first-order valence-corrected chi connectivity index (χ1v) is 12.4. The highest BCUT2D eigenvalue weighted by Crippen LogP contribution is 2.26. The van der Waals surface area contributed by atoms with Crippen molar-refractivity contribution in [3.05, 3.63) is 96.1 Å². The van der Waals surface area contributed by atoms with Gasteiger partial charge >= 0.3 is 5.97 Å². The summed E-state index contributed by atoms with van der Waals surface area (Å²) in [6.07, 6.45) is 0.508. The number of carbonyl (C=O) groups is 3. The Hall–Kier alpha value is -4.65. The number of esters is 1. The van der Waals surface area contributed by atoms with Crippen molar-refractivity contribution in [2.45, 2.75) is 33.1 Å². The quantitative estimate of drug-likeness (QED) is 0.236. The van der Waals surface area contributed by atoms with E-state index in [2.05, 4.69) is 10.6 Å². The van der Waals surface area contributed by atoms with Crippen LogP contribution in [0.1, 0.15) is 30.4 Å². The van der Waals surface area contributed by atoms with Crippen molar-refractivity contribution in [1.82, 2.24) is 0 Å². The summed E-state index contributed by atoms with van der Waals surface area (Å²) >= 11 is 0. The molecule has 2 amide bonds. The largest absolute Gasteiger partial charge is 0.457 e. The Balaban J connectivity index is 1.15. The molecule has 7 nitrogen and oxygen atoms in total. The number of hydrogen-bond acceptors (Lipinski definition) is 5. The number of aryl methyl sites for hydroxylation is 2. The van der Waals surface area contributed by atoms with Crippen LogP contribution in [0.15, 0.2) is 84.9 Å². The van der Waals surface area contributed by atoms with Crippen molar-refractivity contribution < 1.29 is 23.9 Å². The van der Waals surface area contributed by atoms with Crippen LogP contribution in [0.5, 0.6) is 11.5 Å². The minimum atomic E-state index is -0.524. The van der Waals surface area contributed by atoms with E-state index in [0.29, 0.717) is 23.5 Å². The molecule has 0 aromatic heterocycles. The predicted octanol–water partition coefficient (Wildman–Crippen LogP) is 6.54. The van der Waals surface area contributed by atoms with Gasteiger partial charge in [0.15, 0.2) is 6.61 Å². The third-order valence-electron chi connectivity index (χ3n) is 5.75. The van der Waals surface area contributed by atoms with Gasteiger partial charge in [0.05, 0.1) is 0 Å². The van der Waals surface area contributed by atoms with Crippen LogP contribution in [0.4, 0.5) is 11.4 Å². The molecular weight excluding hydrogens is 480 g/mol. The molecule has 0 heterocycles. The summed E-state index contributed by atoms with van der Waals surface area (Å²) in [5.74, 6) is 0.240. The Labute approximate surface area is 221 Å². The highest BCUT2D eigenvalue weighted by atomic mass is 16.5. The minimum Gasteiger partial charge on any atom is -0.457 e. The second-order valence-electron chi connectivity index (χ2n) is 9.12. The fraction of sp³-hybridized carbons (Fsp3) is 0.194. The van der Waals surface area contributed by atoms with Gasteiger partial charge in [-0.15, -0.1) is 0 Å². The molecule has 2 N–H and O–H groups in total. The van der Waals surface area contributed by atoms with E-state index in [1.807, 2.05) is 74.5 Å². The van der Waals surface area contributed by atoms with E-state index in [0.717, 1.165) is 27.6 Å². The maximum Gasteiger partial charge on any atom is 0.306 e. The molecule has 38 heavy (non-hydrogen) atoms. The van der Waals surface area contributed by atoms with Crippen LogP contribution in [0.25, 0.3) is 10.8 Å². The Bertz CT molecular complexity index is 1430. The van der Waals surface area contributed by atoms with Gasteiger partial charge in [0, 0.05) is 24.2 Å². The van der Waals surface area contributed by atoms with Crippen LogP contribution in [0.3, 0.4) is 0 Å². The second-order valence-corrected chi connectivity index (χ2v) is 9.12. The van der Waals surface area contributed by atoms with Crippen molar-refractivity contribution >= 4 is 39.9 Å². The monoisotopic (exact) mass is 510 g/mol. The van der Waals surface area contributed by atoms with Crippen LogP contribution in [0.2, 0.25) is 0 Å². The van der Waals surface area contributed by atoms with Gasteiger partial charge in [-0.3, -0.25) is 14.4 Å². The maximum absolute atomic E-state index is 12.3. The zero-order chi connectivity index (χ0) is 26.9. The molecule has 7 heteroatoms. The molecule has 0 radical (unpaired) electrons. The highest BCUT2D eigenvalue weighted by molar-refractivity contribution is 5.93. The van der Waals surface area contributed by atoms with E-state index < -0.39 is 11.9 Å². The molecule has 0 saturated heterocycles. The van der Waals surface area contributed by atoms with Crippen LogP contribution in [-0.2, 0) is 19.1 Å². The van der Waals surface area contributed by atoms with Gasteiger partial charge in [0.1, 0.15) is 11.5 Å². The van der Waals surface area contributed by atoms with Gasteiger partial charge in [-0.05, 0) is 90.7 Å². The molecule has 4 aromatic carbocycles. The molecule has 0 spiro atoms. The van der Waals surface area contributed by atoms with Crippen LogP contribution < -0.4 is 15.4 Å². The molecule has 0 aliphatic rings. The molecule has 0 aliphatic carbocycles. The normalized spacial score (nSPS) is 10.6. The average Bonchev–Trinajstić information content (AvgIpc) is 2.88. The molecule has 0 aliphatic heterocycles. The van der Waals surface area contributed by atoms with Gasteiger partial charge < -0.3 is 20.1 Å². The van der Waals surface area contributed by atoms with E-state index in [1.54, 1.807) is 24.3 Å². The molecule has 4 rings (SSSR count). The predicted molar refractivity (Wildman–Crippen MR) is 148 cm³/mol. The van der Waals surface area contributed by atoms with E-state index in [4.69, 9.17) is 9.47 Å². The van der Waals surface area contributed by atoms with Crippen molar-refractivity contribution in [2.24, 2.45) is 0 Å². The lowest BCUT2D eigenvalue weighted by Gasteiger charge is -2.09. The van der Waals surface area contributed by atoms with E-state index in [1.165, 1.54) is 0 Å². The van der Waals surface area contributed by atoms with Crippen molar-refractivity contribution in [1.29, 1.82) is 0 Å². The number of nitrogens with one attached hydrogen (secondary N) is 2. The molecule has 0 unspecified atom stereocenters. The molecule has 0 atom stereocenters. The number of hydrogen-bond donors (Lipinski definition) is 2. The van der Waals surface area contributed by atoms with Crippen LogP contribution in [-0.4, -0.2) is 24.4 Å². The van der Waals surface area contributed by atoms with Gasteiger partial charge in [0.2, 0.25) is 5.91 Å². The number of benzene rings is 4.